The Labute approximate surface area is 218 Å². The van der Waals surface area contributed by atoms with Crippen molar-refractivity contribution in [3.8, 4) is 0 Å². The zero-order valence-corrected chi connectivity index (χ0v) is 22.6. The molecule has 0 fully saturated rings. The minimum atomic E-state index is -3.42. The summed E-state index contributed by atoms with van der Waals surface area (Å²) < 4.78 is 40.7. The van der Waals surface area contributed by atoms with Crippen molar-refractivity contribution in [2.75, 3.05) is 26.2 Å². The van der Waals surface area contributed by atoms with Gasteiger partial charge in [-0.15, -0.1) is 0 Å². The molecular formula is C28H33NO7S. The van der Waals surface area contributed by atoms with Gasteiger partial charge in [0.15, 0.2) is 9.84 Å². The van der Waals surface area contributed by atoms with Crippen LogP contribution in [0.5, 0.6) is 0 Å². The summed E-state index contributed by atoms with van der Waals surface area (Å²) in [5.41, 5.74) is 3.25. The van der Waals surface area contributed by atoms with Gasteiger partial charge in [0, 0.05) is 17.6 Å². The largest absolute Gasteiger partial charge is 0.463 e. The van der Waals surface area contributed by atoms with Crippen molar-refractivity contribution >= 4 is 21.8 Å². The second-order valence-corrected chi connectivity index (χ2v) is 10.6. The van der Waals surface area contributed by atoms with E-state index in [9.17, 15) is 18.0 Å². The third kappa shape index (κ3) is 6.47. The van der Waals surface area contributed by atoms with Crippen LogP contribution in [0.4, 0.5) is 0 Å². The normalized spacial score (nSPS) is 14.7. The summed E-state index contributed by atoms with van der Waals surface area (Å²) in [4.78, 5) is 28.5. The maximum Gasteiger partial charge on any atom is 0.336 e. The Hall–Kier alpha value is -3.43. The number of ether oxygens (including phenoxy) is 3. The van der Waals surface area contributed by atoms with Crippen LogP contribution in [0.1, 0.15) is 44.7 Å². The molecule has 2 aromatic carbocycles. The summed E-state index contributed by atoms with van der Waals surface area (Å²) in [6.07, 6.45) is 1.12. The molecule has 0 aliphatic carbocycles. The van der Waals surface area contributed by atoms with E-state index >= 15 is 0 Å². The molecule has 0 saturated heterocycles. The third-order valence-electron chi connectivity index (χ3n) is 6.13. The molecule has 3 rings (SSSR count). The molecule has 0 radical (unpaired) electrons. The standard InChI is InChI=1S/C28H33NO7S/c1-6-35-27(30)24-19(3)29(18-34-17-21-11-9-8-10-12-21)20(4)25(28(31)36-7-2)26(24)22-13-15-23(16-14-22)37(5,32)33/h8-16,26H,6-7,17-18H2,1-5H3. The number of esters is 2. The summed E-state index contributed by atoms with van der Waals surface area (Å²) in [7, 11) is -3.42. The van der Waals surface area contributed by atoms with Gasteiger partial charge in [-0.3, -0.25) is 0 Å². The van der Waals surface area contributed by atoms with Crippen LogP contribution in [0.25, 0.3) is 0 Å². The van der Waals surface area contributed by atoms with Crippen molar-refractivity contribution in [3.63, 3.8) is 0 Å². The van der Waals surface area contributed by atoms with Crippen LogP contribution in [0, 0.1) is 0 Å². The first-order chi connectivity index (χ1) is 17.6. The zero-order valence-electron chi connectivity index (χ0n) is 21.8. The number of hydrogen-bond donors (Lipinski definition) is 0. The lowest BCUT2D eigenvalue weighted by Crippen LogP contribution is -2.36. The molecule has 0 unspecified atom stereocenters. The first kappa shape index (κ1) is 28.1. The molecule has 198 valence electrons. The lowest BCUT2D eigenvalue weighted by Gasteiger charge is -2.37. The highest BCUT2D eigenvalue weighted by atomic mass is 32.2. The van der Waals surface area contributed by atoms with Crippen LogP contribution >= 0.6 is 0 Å². The molecule has 0 saturated carbocycles. The number of allylic oxidation sites excluding steroid dienone is 2. The Morgan fingerprint density at radius 3 is 1.81 bits per heavy atom. The van der Waals surface area contributed by atoms with E-state index in [0.29, 0.717) is 23.6 Å². The lowest BCUT2D eigenvalue weighted by atomic mass is 9.80. The minimum absolute atomic E-state index is 0.0953. The van der Waals surface area contributed by atoms with Gasteiger partial charge in [-0.05, 0) is 51.0 Å². The quantitative estimate of drug-likeness (QED) is 0.421. The molecule has 1 aliphatic heterocycles. The van der Waals surface area contributed by atoms with Gasteiger partial charge in [0.2, 0.25) is 0 Å². The van der Waals surface area contributed by atoms with Crippen LogP contribution in [0.2, 0.25) is 0 Å². The summed E-state index contributed by atoms with van der Waals surface area (Å²) in [5.74, 6) is -1.95. The number of carbonyl (C=O) groups is 2. The Kier molecular flexibility index (Phi) is 9.29. The predicted octanol–water partition coefficient (Wildman–Crippen LogP) is 4.34. The average Bonchev–Trinajstić information content (AvgIpc) is 2.86. The Morgan fingerprint density at radius 2 is 1.35 bits per heavy atom. The van der Waals surface area contributed by atoms with Crippen molar-refractivity contribution in [2.45, 2.75) is 45.1 Å². The van der Waals surface area contributed by atoms with Gasteiger partial charge in [-0.25, -0.2) is 18.0 Å². The number of benzene rings is 2. The smallest absolute Gasteiger partial charge is 0.336 e. The molecule has 0 atom stereocenters. The highest BCUT2D eigenvalue weighted by Crippen LogP contribution is 2.43. The van der Waals surface area contributed by atoms with Crippen molar-refractivity contribution in [1.82, 2.24) is 4.90 Å². The summed E-state index contributed by atoms with van der Waals surface area (Å²) in [5, 5.41) is 0. The molecule has 1 heterocycles. The molecule has 8 nitrogen and oxygen atoms in total. The van der Waals surface area contributed by atoms with E-state index in [1.807, 2.05) is 30.3 Å². The fraction of sp³-hybridized carbons (Fsp3) is 0.357. The summed E-state index contributed by atoms with van der Waals surface area (Å²) in [6, 6.07) is 15.8. The van der Waals surface area contributed by atoms with E-state index in [-0.39, 0.29) is 36.0 Å². The lowest BCUT2D eigenvalue weighted by molar-refractivity contribution is -0.139. The van der Waals surface area contributed by atoms with Gasteiger partial charge in [0.05, 0.1) is 41.8 Å². The number of carbonyl (C=O) groups excluding carboxylic acids is 2. The second-order valence-electron chi connectivity index (χ2n) is 8.60. The Bertz CT molecular complexity index is 1250. The third-order valence-corrected chi connectivity index (χ3v) is 7.26. The summed E-state index contributed by atoms with van der Waals surface area (Å²) in [6.45, 7) is 7.72. The van der Waals surface area contributed by atoms with Crippen LogP contribution in [-0.4, -0.2) is 51.5 Å². The average molecular weight is 528 g/mol. The van der Waals surface area contributed by atoms with Crippen molar-refractivity contribution in [3.05, 3.63) is 88.3 Å². The molecular weight excluding hydrogens is 494 g/mol. The van der Waals surface area contributed by atoms with Crippen LogP contribution in [0.15, 0.2) is 82.0 Å². The summed E-state index contributed by atoms with van der Waals surface area (Å²) >= 11 is 0. The molecule has 2 aromatic rings. The van der Waals surface area contributed by atoms with E-state index in [1.165, 1.54) is 12.1 Å². The maximum atomic E-state index is 13.3. The van der Waals surface area contributed by atoms with Gasteiger partial charge in [0.1, 0.15) is 6.73 Å². The zero-order chi connectivity index (χ0) is 27.2. The Balaban J connectivity index is 2.10. The van der Waals surface area contributed by atoms with Crippen molar-refractivity contribution in [2.24, 2.45) is 0 Å². The van der Waals surface area contributed by atoms with Crippen molar-refractivity contribution < 1.29 is 32.2 Å². The van der Waals surface area contributed by atoms with Crippen molar-refractivity contribution in [1.29, 1.82) is 0 Å². The van der Waals surface area contributed by atoms with Crippen LogP contribution < -0.4 is 0 Å². The topological polar surface area (TPSA) is 99.2 Å². The molecule has 9 heteroatoms. The molecule has 0 bridgehead atoms. The number of hydrogen-bond acceptors (Lipinski definition) is 8. The molecule has 0 amide bonds. The number of sulfone groups is 1. The van der Waals surface area contributed by atoms with E-state index < -0.39 is 27.7 Å². The molecule has 1 aliphatic rings. The molecule has 37 heavy (non-hydrogen) atoms. The maximum absolute atomic E-state index is 13.3. The first-order valence-corrected chi connectivity index (χ1v) is 13.9. The van der Waals surface area contributed by atoms with E-state index in [0.717, 1.165) is 11.8 Å². The van der Waals surface area contributed by atoms with Gasteiger partial charge < -0.3 is 19.1 Å². The Morgan fingerprint density at radius 1 is 0.838 bits per heavy atom. The molecule has 0 N–H and O–H groups in total. The van der Waals surface area contributed by atoms with E-state index in [4.69, 9.17) is 14.2 Å². The van der Waals surface area contributed by atoms with Crippen LogP contribution in [-0.2, 0) is 40.2 Å². The predicted molar refractivity (Wildman–Crippen MR) is 139 cm³/mol. The molecule has 0 spiro atoms. The monoisotopic (exact) mass is 527 g/mol. The molecule has 0 aromatic heterocycles. The first-order valence-electron chi connectivity index (χ1n) is 12.0. The van der Waals surface area contributed by atoms with Crippen LogP contribution in [0.3, 0.4) is 0 Å². The number of nitrogens with zero attached hydrogens (tertiary/aromatic N) is 1. The van der Waals surface area contributed by atoms with Gasteiger partial charge >= 0.3 is 11.9 Å². The van der Waals surface area contributed by atoms with E-state index in [2.05, 4.69) is 0 Å². The highest BCUT2D eigenvalue weighted by Gasteiger charge is 2.40. The van der Waals surface area contributed by atoms with Gasteiger partial charge in [-0.1, -0.05) is 42.5 Å². The fourth-order valence-corrected chi connectivity index (χ4v) is 4.95. The SMILES string of the molecule is CCOC(=O)C1=C(C)N(COCc2ccccc2)C(C)=C(C(=O)OCC)C1c1ccc(S(C)(=O)=O)cc1. The van der Waals surface area contributed by atoms with E-state index in [1.54, 1.807) is 44.7 Å². The number of rotatable bonds is 10. The minimum Gasteiger partial charge on any atom is -0.463 e. The fourth-order valence-electron chi connectivity index (χ4n) is 4.32. The van der Waals surface area contributed by atoms with Gasteiger partial charge in [-0.2, -0.15) is 0 Å². The second kappa shape index (κ2) is 12.2. The highest BCUT2D eigenvalue weighted by molar-refractivity contribution is 7.90. The van der Waals surface area contributed by atoms with Gasteiger partial charge in [0.25, 0.3) is 0 Å².